The minimum absolute atomic E-state index is 0.0138. The molecule has 0 aromatic heterocycles. The van der Waals surface area contributed by atoms with Crippen LogP contribution in [0.1, 0.15) is 6.42 Å². The van der Waals surface area contributed by atoms with Gasteiger partial charge in [0.15, 0.2) is 0 Å². The van der Waals surface area contributed by atoms with Gasteiger partial charge in [0.1, 0.15) is 0 Å². The Labute approximate surface area is 72.5 Å². The molecule has 0 aromatic carbocycles. The molecule has 0 aliphatic carbocycles. The topological polar surface area (TPSA) is 68.2 Å². The SMILES string of the molecule is COP(C)(O)(OC)OCCCO. The molecule has 12 heavy (non-hydrogen) atoms. The van der Waals surface area contributed by atoms with Crippen molar-refractivity contribution in [1.82, 2.24) is 0 Å². The number of aliphatic hydroxyl groups is 1. The van der Waals surface area contributed by atoms with Crippen molar-refractivity contribution in [3.63, 3.8) is 0 Å². The third-order valence-corrected chi connectivity index (χ3v) is 3.93. The zero-order valence-corrected chi connectivity index (χ0v) is 8.58. The van der Waals surface area contributed by atoms with E-state index in [4.69, 9.17) is 18.7 Å². The van der Waals surface area contributed by atoms with E-state index in [1.165, 1.54) is 20.9 Å². The van der Waals surface area contributed by atoms with Crippen LogP contribution in [0.5, 0.6) is 0 Å². The van der Waals surface area contributed by atoms with Crippen LogP contribution in [0, 0.1) is 0 Å². The van der Waals surface area contributed by atoms with Crippen LogP contribution < -0.4 is 0 Å². The van der Waals surface area contributed by atoms with E-state index in [0.717, 1.165) is 0 Å². The van der Waals surface area contributed by atoms with Gasteiger partial charge in [0, 0.05) is 0 Å². The summed E-state index contributed by atoms with van der Waals surface area (Å²) >= 11 is 0. The monoisotopic (exact) mass is 200 g/mol. The Morgan fingerprint density at radius 3 is 2.08 bits per heavy atom. The Morgan fingerprint density at radius 2 is 1.75 bits per heavy atom. The van der Waals surface area contributed by atoms with E-state index < -0.39 is 7.51 Å². The standard InChI is InChI=1S/C6H17O5P/c1-9-12(3,8,10-2)11-6-4-5-7/h7-8H,4-6H2,1-3H3. The molecule has 5 nitrogen and oxygen atoms in total. The van der Waals surface area contributed by atoms with Crippen molar-refractivity contribution < 1.29 is 23.6 Å². The first kappa shape index (κ1) is 12.2. The van der Waals surface area contributed by atoms with Crippen LogP contribution >= 0.6 is 7.51 Å². The van der Waals surface area contributed by atoms with Crippen molar-refractivity contribution in [3.8, 4) is 0 Å². The van der Waals surface area contributed by atoms with Crippen LogP contribution in [-0.4, -0.2) is 44.1 Å². The third kappa shape index (κ3) is 3.76. The van der Waals surface area contributed by atoms with Crippen LogP contribution in [0.15, 0.2) is 0 Å². The molecule has 0 rings (SSSR count). The van der Waals surface area contributed by atoms with Gasteiger partial charge in [-0.2, -0.15) is 0 Å². The third-order valence-electron chi connectivity index (χ3n) is 1.51. The van der Waals surface area contributed by atoms with Gasteiger partial charge in [0.05, 0.1) is 0 Å². The van der Waals surface area contributed by atoms with Crippen molar-refractivity contribution >= 4 is 7.51 Å². The predicted molar refractivity (Wildman–Crippen MR) is 46.7 cm³/mol. The summed E-state index contributed by atoms with van der Waals surface area (Å²) in [6.07, 6.45) is 0.443. The summed E-state index contributed by atoms with van der Waals surface area (Å²) in [6, 6.07) is 0. The molecule has 0 aliphatic heterocycles. The Balaban J connectivity index is 3.97. The van der Waals surface area contributed by atoms with Crippen LogP contribution in [0.3, 0.4) is 0 Å². The fourth-order valence-corrected chi connectivity index (χ4v) is 1.42. The molecule has 0 aromatic rings. The van der Waals surface area contributed by atoms with Crippen molar-refractivity contribution in [2.75, 3.05) is 34.1 Å². The van der Waals surface area contributed by atoms with Crippen LogP contribution in [0.4, 0.5) is 0 Å². The molecule has 0 aliphatic rings. The molecule has 0 heterocycles. The first-order valence-electron chi connectivity index (χ1n) is 3.62. The van der Waals surface area contributed by atoms with E-state index in [-0.39, 0.29) is 13.2 Å². The molecule has 6 heteroatoms. The van der Waals surface area contributed by atoms with Gasteiger partial charge in [-0.05, 0) is 0 Å². The van der Waals surface area contributed by atoms with E-state index in [9.17, 15) is 4.89 Å². The van der Waals surface area contributed by atoms with Crippen molar-refractivity contribution in [1.29, 1.82) is 0 Å². The molecule has 76 valence electrons. The molecule has 0 amide bonds. The van der Waals surface area contributed by atoms with Crippen LogP contribution in [0.25, 0.3) is 0 Å². The van der Waals surface area contributed by atoms with Crippen LogP contribution in [-0.2, 0) is 13.6 Å². The maximum absolute atomic E-state index is 9.70. The molecule has 0 spiro atoms. The zero-order chi connectivity index (χ0) is 9.69. The summed E-state index contributed by atoms with van der Waals surface area (Å²) in [5.74, 6) is 0. The first-order valence-corrected chi connectivity index (χ1v) is 6.01. The molecule has 0 saturated heterocycles. The summed E-state index contributed by atoms with van der Waals surface area (Å²) in [5.41, 5.74) is 0. The van der Waals surface area contributed by atoms with Gasteiger partial charge < -0.3 is 0 Å². The van der Waals surface area contributed by atoms with Crippen LogP contribution in [0.2, 0.25) is 0 Å². The second kappa shape index (κ2) is 4.46. The Hall–Kier alpha value is 0.230. The predicted octanol–water partition coefficient (Wildman–Crippen LogP) is 0.514. The Morgan fingerprint density at radius 1 is 1.25 bits per heavy atom. The molecule has 0 unspecified atom stereocenters. The minimum atomic E-state index is -3.81. The first-order chi connectivity index (χ1) is 5.46. The van der Waals surface area contributed by atoms with E-state index in [2.05, 4.69) is 0 Å². The summed E-state index contributed by atoms with van der Waals surface area (Å²) < 4.78 is 14.6. The Bertz CT molecular complexity index is 130. The van der Waals surface area contributed by atoms with E-state index in [1.54, 1.807) is 0 Å². The number of rotatable bonds is 6. The van der Waals surface area contributed by atoms with Gasteiger partial charge in [0.25, 0.3) is 0 Å². The molecule has 0 fully saturated rings. The van der Waals surface area contributed by atoms with Gasteiger partial charge in [-0.25, -0.2) is 0 Å². The Kier molecular flexibility index (Phi) is 4.55. The molecule has 0 bridgehead atoms. The molecular formula is C6H17O5P. The fourth-order valence-electron chi connectivity index (χ4n) is 0.516. The van der Waals surface area contributed by atoms with Gasteiger partial charge in [0.2, 0.25) is 0 Å². The van der Waals surface area contributed by atoms with Crippen molar-refractivity contribution in [2.45, 2.75) is 6.42 Å². The molecule has 0 atom stereocenters. The summed E-state index contributed by atoms with van der Waals surface area (Å²) in [6.45, 7) is 1.60. The second-order valence-electron chi connectivity index (χ2n) is 2.49. The summed E-state index contributed by atoms with van der Waals surface area (Å²) in [4.78, 5) is 9.70. The average molecular weight is 200 g/mol. The number of hydrogen-bond acceptors (Lipinski definition) is 5. The maximum atomic E-state index is 9.70. The summed E-state index contributed by atoms with van der Waals surface area (Å²) in [7, 11) is -1.17. The average Bonchev–Trinajstić information content (AvgIpc) is 2.06. The fraction of sp³-hybridized carbons (Fsp3) is 1.00. The van der Waals surface area contributed by atoms with E-state index >= 15 is 0 Å². The molecule has 0 radical (unpaired) electrons. The van der Waals surface area contributed by atoms with Gasteiger partial charge in [-0.3, -0.25) is 0 Å². The van der Waals surface area contributed by atoms with Gasteiger partial charge in [-0.1, -0.05) is 0 Å². The molecule has 2 N–H and O–H groups in total. The number of hydrogen-bond donors (Lipinski definition) is 2. The van der Waals surface area contributed by atoms with E-state index in [0.29, 0.717) is 6.42 Å². The van der Waals surface area contributed by atoms with Gasteiger partial charge >= 0.3 is 71.6 Å². The second-order valence-corrected chi connectivity index (χ2v) is 5.91. The molecule has 0 saturated carbocycles. The molecular weight excluding hydrogens is 183 g/mol. The van der Waals surface area contributed by atoms with Crippen molar-refractivity contribution in [3.05, 3.63) is 0 Å². The van der Waals surface area contributed by atoms with E-state index in [1.807, 2.05) is 0 Å². The van der Waals surface area contributed by atoms with Gasteiger partial charge in [-0.15, -0.1) is 0 Å². The normalized spacial score (nSPS) is 15.6. The summed E-state index contributed by atoms with van der Waals surface area (Å²) in [5, 5.41) is 8.46. The zero-order valence-electron chi connectivity index (χ0n) is 7.69. The number of aliphatic hydroxyl groups excluding tert-OH is 1. The van der Waals surface area contributed by atoms with Crippen molar-refractivity contribution in [2.24, 2.45) is 0 Å². The quantitative estimate of drug-likeness (QED) is 0.483.